The van der Waals surface area contributed by atoms with Gasteiger partial charge < -0.3 is 21.2 Å². The van der Waals surface area contributed by atoms with E-state index in [1.54, 1.807) is 30.5 Å². The van der Waals surface area contributed by atoms with Crippen LogP contribution in [0.5, 0.6) is 5.75 Å². The summed E-state index contributed by atoms with van der Waals surface area (Å²) in [6.07, 6.45) is 3.96. The molecule has 6 N–H and O–H groups in total. The maximum atomic E-state index is 9.35. The summed E-state index contributed by atoms with van der Waals surface area (Å²) in [7, 11) is 1.50. The van der Waals surface area contributed by atoms with Crippen molar-refractivity contribution < 1.29 is 4.74 Å². The molecule has 0 unspecified atom stereocenters. The third kappa shape index (κ3) is 4.61. The van der Waals surface area contributed by atoms with E-state index in [1.807, 2.05) is 18.2 Å². The fourth-order valence-electron chi connectivity index (χ4n) is 3.47. The molecule has 32 heavy (non-hydrogen) atoms. The Morgan fingerprint density at radius 1 is 1.22 bits per heavy atom. The standard InChI is InChI=1S/C23H24N8O/c1-32-22-15(11-24)4-2-6-17(22)20-10-21(30-23(26)29-20)18(25)13-31(27)12-16-5-3-7-19(28-16)14-8-9-14/h2-7,10,13-14H,8-9,12,25,27H2,1H3,(H2,26,29,30)/b18-13-. The summed E-state index contributed by atoms with van der Waals surface area (Å²) in [5.41, 5.74) is 16.4. The zero-order valence-electron chi connectivity index (χ0n) is 17.7. The fourth-order valence-corrected chi connectivity index (χ4v) is 3.47. The number of nitrogens with zero attached hydrogens (tertiary/aromatic N) is 5. The Balaban J connectivity index is 1.60. The molecule has 162 valence electrons. The summed E-state index contributed by atoms with van der Waals surface area (Å²) in [5, 5.41) is 10.8. The number of nitrogens with two attached hydrogens (primary N) is 3. The molecule has 4 rings (SSSR count). The zero-order valence-corrected chi connectivity index (χ0v) is 17.7. The van der Waals surface area contributed by atoms with Gasteiger partial charge in [-0.15, -0.1) is 0 Å². The van der Waals surface area contributed by atoms with Crippen molar-refractivity contribution in [2.45, 2.75) is 25.3 Å². The van der Waals surface area contributed by atoms with Crippen LogP contribution >= 0.6 is 0 Å². The highest BCUT2D eigenvalue weighted by molar-refractivity contribution is 5.74. The molecule has 1 aliphatic rings. The minimum Gasteiger partial charge on any atom is -0.495 e. The number of anilines is 1. The molecule has 0 radical (unpaired) electrons. The van der Waals surface area contributed by atoms with Crippen molar-refractivity contribution >= 4 is 11.6 Å². The van der Waals surface area contributed by atoms with Gasteiger partial charge in [-0.2, -0.15) is 5.26 Å². The number of methoxy groups -OCH3 is 1. The largest absolute Gasteiger partial charge is 0.495 e. The number of hydrazine groups is 1. The molecule has 9 nitrogen and oxygen atoms in total. The first-order valence-corrected chi connectivity index (χ1v) is 10.2. The van der Waals surface area contributed by atoms with Crippen LogP contribution in [0.4, 0.5) is 5.95 Å². The number of hydrogen-bond donors (Lipinski definition) is 3. The van der Waals surface area contributed by atoms with Gasteiger partial charge in [0.15, 0.2) is 0 Å². The summed E-state index contributed by atoms with van der Waals surface area (Å²) in [4.78, 5) is 13.2. The Morgan fingerprint density at radius 3 is 2.72 bits per heavy atom. The smallest absolute Gasteiger partial charge is 0.221 e. The van der Waals surface area contributed by atoms with E-state index in [9.17, 15) is 5.26 Å². The molecule has 0 amide bonds. The van der Waals surface area contributed by atoms with Crippen LogP contribution in [0.25, 0.3) is 17.0 Å². The van der Waals surface area contributed by atoms with E-state index in [4.69, 9.17) is 22.0 Å². The number of nitriles is 1. The summed E-state index contributed by atoms with van der Waals surface area (Å²) < 4.78 is 5.42. The minimum atomic E-state index is 0.0423. The highest BCUT2D eigenvalue weighted by Crippen LogP contribution is 2.38. The van der Waals surface area contributed by atoms with E-state index in [-0.39, 0.29) is 5.95 Å². The lowest BCUT2D eigenvalue weighted by molar-refractivity contribution is 0.382. The third-order valence-electron chi connectivity index (χ3n) is 5.13. The van der Waals surface area contributed by atoms with Crippen LogP contribution in [-0.4, -0.2) is 27.1 Å². The lowest BCUT2D eigenvalue weighted by Crippen LogP contribution is -2.26. The van der Waals surface area contributed by atoms with Crippen molar-refractivity contribution in [1.82, 2.24) is 20.0 Å². The third-order valence-corrected chi connectivity index (χ3v) is 5.13. The topological polar surface area (TPSA) is 153 Å². The van der Waals surface area contributed by atoms with Gasteiger partial charge in [0.25, 0.3) is 0 Å². The van der Waals surface area contributed by atoms with Crippen LogP contribution in [0.15, 0.2) is 48.7 Å². The van der Waals surface area contributed by atoms with Crippen LogP contribution in [0.2, 0.25) is 0 Å². The Labute approximate surface area is 186 Å². The zero-order chi connectivity index (χ0) is 22.7. The van der Waals surface area contributed by atoms with Crippen molar-refractivity contribution in [2.24, 2.45) is 11.6 Å². The summed E-state index contributed by atoms with van der Waals surface area (Å²) >= 11 is 0. The van der Waals surface area contributed by atoms with Crippen molar-refractivity contribution in [1.29, 1.82) is 5.26 Å². The lowest BCUT2D eigenvalue weighted by Gasteiger charge is -2.16. The van der Waals surface area contributed by atoms with Crippen LogP contribution < -0.4 is 22.0 Å². The van der Waals surface area contributed by atoms with Gasteiger partial charge in [-0.05, 0) is 43.2 Å². The van der Waals surface area contributed by atoms with E-state index in [2.05, 4.69) is 21.0 Å². The SMILES string of the molecule is COc1c(C#N)cccc1-c1cc(/C(N)=C/N(N)Cc2cccc(C3CC3)n2)nc(N)n1. The average molecular weight is 429 g/mol. The molecule has 2 aromatic heterocycles. The van der Waals surface area contributed by atoms with Crippen LogP contribution in [0.1, 0.15) is 41.4 Å². The number of aromatic nitrogens is 3. The van der Waals surface area contributed by atoms with Gasteiger partial charge >= 0.3 is 0 Å². The number of pyridine rings is 1. The van der Waals surface area contributed by atoms with Gasteiger partial charge in [-0.3, -0.25) is 4.98 Å². The highest BCUT2D eigenvalue weighted by Gasteiger charge is 2.24. The molecule has 0 atom stereocenters. The van der Waals surface area contributed by atoms with E-state index in [0.717, 1.165) is 11.4 Å². The molecular weight excluding hydrogens is 404 g/mol. The van der Waals surface area contributed by atoms with Gasteiger partial charge in [-0.1, -0.05) is 12.1 Å². The second kappa shape index (κ2) is 8.91. The van der Waals surface area contributed by atoms with Crippen molar-refractivity contribution in [3.63, 3.8) is 0 Å². The quantitative estimate of drug-likeness (QED) is 0.380. The Kier molecular flexibility index (Phi) is 5.87. The first-order chi connectivity index (χ1) is 15.5. The normalized spacial score (nSPS) is 13.5. The maximum absolute atomic E-state index is 9.35. The fraction of sp³-hybridized carbons (Fsp3) is 0.217. The Hall–Kier alpha value is -4.16. The summed E-state index contributed by atoms with van der Waals surface area (Å²) in [5.74, 6) is 7.18. The molecule has 1 aromatic carbocycles. The van der Waals surface area contributed by atoms with Gasteiger partial charge in [0.1, 0.15) is 11.8 Å². The molecule has 9 heteroatoms. The predicted molar refractivity (Wildman–Crippen MR) is 121 cm³/mol. The van der Waals surface area contributed by atoms with Crippen molar-refractivity contribution in [2.75, 3.05) is 12.8 Å². The molecular formula is C23H24N8O. The Bertz CT molecular complexity index is 1210. The average Bonchev–Trinajstić information content (AvgIpc) is 3.63. The number of hydrogen-bond acceptors (Lipinski definition) is 9. The monoisotopic (exact) mass is 428 g/mol. The van der Waals surface area contributed by atoms with Gasteiger partial charge in [0, 0.05) is 23.4 Å². The number of benzene rings is 1. The number of para-hydroxylation sites is 1. The van der Waals surface area contributed by atoms with Crippen LogP contribution in [-0.2, 0) is 6.54 Å². The number of rotatable bonds is 7. The molecule has 1 fully saturated rings. The molecule has 3 aromatic rings. The molecule has 0 aliphatic heterocycles. The molecule has 0 bridgehead atoms. The van der Waals surface area contributed by atoms with Crippen molar-refractivity contribution in [3.8, 4) is 23.1 Å². The number of nitrogen functional groups attached to an aromatic ring is 1. The lowest BCUT2D eigenvalue weighted by atomic mass is 10.1. The predicted octanol–water partition coefficient (Wildman–Crippen LogP) is 2.51. The van der Waals surface area contributed by atoms with E-state index in [1.165, 1.54) is 25.0 Å². The highest BCUT2D eigenvalue weighted by atomic mass is 16.5. The molecule has 0 saturated heterocycles. The van der Waals surface area contributed by atoms with Gasteiger partial charge in [0.05, 0.1) is 42.0 Å². The first-order valence-electron chi connectivity index (χ1n) is 10.2. The molecule has 1 aliphatic carbocycles. The molecule has 2 heterocycles. The molecule has 0 spiro atoms. The second-order valence-corrected chi connectivity index (χ2v) is 7.58. The number of ether oxygens (including phenoxy) is 1. The molecule has 1 saturated carbocycles. The summed E-state index contributed by atoms with van der Waals surface area (Å²) in [6, 6.07) is 15.0. The minimum absolute atomic E-state index is 0.0423. The van der Waals surface area contributed by atoms with Crippen LogP contribution in [0, 0.1) is 11.3 Å². The van der Waals surface area contributed by atoms with E-state index < -0.39 is 0 Å². The van der Waals surface area contributed by atoms with Crippen LogP contribution in [0.3, 0.4) is 0 Å². The van der Waals surface area contributed by atoms with Gasteiger partial charge in [-0.25, -0.2) is 15.8 Å². The van der Waals surface area contributed by atoms with E-state index >= 15 is 0 Å². The van der Waals surface area contributed by atoms with Gasteiger partial charge in [0.2, 0.25) is 5.95 Å². The first kappa shape index (κ1) is 21.1. The second-order valence-electron chi connectivity index (χ2n) is 7.58. The summed E-state index contributed by atoms with van der Waals surface area (Å²) in [6.45, 7) is 0.396. The van der Waals surface area contributed by atoms with E-state index in [0.29, 0.717) is 46.4 Å². The van der Waals surface area contributed by atoms with Crippen molar-refractivity contribution in [3.05, 3.63) is 71.3 Å². The maximum Gasteiger partial charge on any atom is 0.221 e. The Morgan fingerprint density at radius 2 is 2.00 bits per heavy atom.